The highest BCUT2D eigenvalue weighted by atomic mass is 15.1. The summed E-state index contributed by atoms with van der Waals surface area (Å²) in [6.07, 6.45) is 3.87. The Labute approximate surface area is 254 Å². The minimum absolute atomic E-state index is 0.163. The zero-order valence-corrected chi connectivity index (χ0v) is 24.2. The van der Waals surface area contributed by atoms with Gasteiger partial charge in [-0.05, 0) is 82.8 Å². The fourth-order valence-corrected chi connectivity index (χ4v) is 10.6. The van der Waals surface area contributed by atoms with Crippen LogP contribution in [0.1, 0.15) is 47.4 Å². The van der Waals surface area contributed by atoms with Gasteiger partial charge in [-0.25, -0.2) is 0 Å². The van der Waals surface area contributed by atoms with Crippen LogP contribution in [0.5, 0.6) is 0 Å². The van der Waals surface area contributed by atoms with E-state index in [1.165, 1.54) is 90.9 Å². The summed E-state index contributed by atoms with van der Waals surface area (Å²) in [6, 6.07) is 46.4. The van der Waals surface area contributed by atoms with Crippen molar-refractivity contribution >= 4 is 43.6 Å². The normalized spacial score (nSPS) is 21.9. The van der Waals surface area contributed by atoms with Gasteiger partial charge in [-0.3, -0.25) is 0 Å². The van der Waals surface area contributed by atoms with E-state index in [4.69, 9.17) is 0 Å². The van der Waals surface area contributed by atoms with Gasteiger partial charge in [-0.2, -0.15) is 0 Å². The maximum absolute atomic E-state index is 2.64. The van der Waals surface area contributed by atoms with Crippen molar-refractivity contribution in [2.45, 2.75) is 30.6 Å². The molecule has 2 aliphatic heterocycles. The average molecular weight is 561 g/mol. The molecule has 2 aliphatic carbocycles. The van der Waals surface area contributed by atoms with Gasteiger partial charge in [0, 0.05) is 27.1 Å². The van der Waals surface area contributed by atoms with Crippen LogP contribution in [0, 0.1) is 5.92 Å². The van der Waals surface area contributed by atoms with E-state index < -0.39 is 0 Å². The quantitative estimate of drug-likeness (QED) is 0.189. The molecular weight excluding hydrogens is 532 g/mol. The van der Waals surface area contributed by atoms with E-state index >= 15 is 0 Å². The maximum atomic E-state index is 2.64. The van der Waals surface area contributed by atoms with E-state index in [9.17, 15) is 0 Å². The number of benzene rings is 6. The highest BCUT2D eigenvalue weighted by molar-refractivity contribution is 6.23. The molecule has 44 heavy (non-hydrogen) atoms. The molecule has 6 aromatic carbocycles. The van der Waals surface area contributed by atoms with Crippen LogP contribution in [-0.2, 0) is 5.41 Å². The number of aromatic nitrogens is 2. The average Bonchev–Trinajstić information content (AvgIpc) is 3.84. The Balaban J connectivity index is 1.40. The molecule has 0 N–H and O–H groups in total. The molecule has 8 aromatic rings. The van der Waals surface area contributed by atoms with Gasteiger partial charge in [0.1, 0.15) is 0 Å². The Bertz CT molecular complexity index is 2600. The van der Waals surface area contributed by atoms with E-state index in [-0.39, 0.29) is 5.41 Å². The number of hydrogen-bond acceptors (Lipinski definition) is 0. The van der Waals surface area contributed by atoms with Crippen LogP contribution in [0.15, 0.2) is 121 Å². The third-order valence-corrected chi connectivity index (χ3v) is 11.9. The monoisotopic (exact) mass is 560 g/mol. The van der Waals surface area contributed by atoms with Gasteiger partial charge in [-0.15, -0.1) is 0 Å². The van der Waals surface area contributed by atoms with Crippen LogP contribution < -0.4 is 0 Å². The smallest absolute Gasteiger partial charge is 0.0607 e. The molecule has 4 aliphatic rings. The summed E-state index contributed by atoms with van der Waals surface area (Å²) in [5, 5.41) is 5.50. The molecule has 1 fully saturated rings. The fraction of sp³-hybridized carbons (Fsp3) is 0.143. The van der Waals surface area contributed by atoms with Crippen molar-refractivity contribution in [2.24, 2.45) is 5.92 Å². The summed E-state index contributed by atoms with van der Waals surface area (Å²) in [6.45, 7) is 0. The second-order valence-electron chi connectivity index (χ2n) is 13.5. The first-order chi connectivity index (χ1) is 21.9. The summed E-state index contributed by atoms with van der Waals surface area (Å²) < 4.78 is 5.28. The van der Waals surface area contributed by atoms with Gasteiger partial charge in [0.25, 0.3) is 0 Å². The summed E-state index contributed by atoms with van der Waals surface area (Å²) in [4.78, 5) is 0. The molecule has 12 rings (SSSR count). The van der Waals surface area contributed by atoms with Crippen molar-refractivity contribution in [3.63, 3.8) is 0 Å². The molecule has 0 saturated heterocycles. The molecule has 1 spiro atoms. The summed E-state index contributed by atoms with van der Waals surface area (Å²) in [7, 11) is 0. The predicted molar refractivity (Wildman–Crippen MR) is 181 cm³/mol. The molecular formula is C42H28N2. The third kappa shape index (κ3) is 2.24. The lowest BCUT2D eigenvalue weighted by Gasteiger charge is -2.46. The summed E-state index contributed by atoms with van der Waals surface area (Å²) in [5.41, 5.74) is 16.9. The third-order valence-electron chi connectivity index (χ3n) is 11.9. The van der Waals surface area contributed by atoms with Gasteiger partial charge in [-0.1, -0.05) is 97.4 Å². The van der Waals surface area contributed by atoms with Crippen LogP contribution in [0.4, 0.5) is 0 Å². The second kappa shape index (κ2) is 7.34. The predicted octanol–water partition coefficient (Wildman–Crippen LogP) is 10.4. The van der Waals surface area contributed by atoms with Crippen LogP contribution in [0.3, 0.4) is 0 Å². The van der Waals surface area contributed by atoms with E-state index in [0.717, 1.165) is 0 Å². The molecule has 3 atom stereocenters. The number of rotatable bonds is 1. The summed E-state index contributed by atoms with van der Waals surface area (Å²) >= 11 is 0. The van der Waals surface area contributed by atoms with E-state index in [2.05, 4.69) is 130 Å². The topological polar surface area (TPSA) is 9.86 Å². The Kier molecular flexibility index (Phi) is 3.75. The SMILES string of the molecule is c1ccc(-c2ccc3c(c2)-n2c4ccccc4c4cc5c6ccccc6n6c5c(c42)C32c3c(cccc3-6)C3CCCC32)cc1. The molecule has 4 heterocycles. The zero-order chi connectivity index (χ0) is 28.3. The molecule has 0 radical (unpaired) electrons. The van der Waals surface area contributed by atoms with Crippen molar-refractivity contribution in [2.75, 3.05) is 0 Å². The van der Waals surface area contributed by atoms with Crippen LogP contribution in [-0.4, -0.2) is 9.13 Å². The lowest BCUT2D eigenvalue weighted by molar-refractivity contribution is 0.383. The van der Waals surface area contributed by atoms with Crippen molar-refractivity contribution in [1.82, 2.24) is 9.13 Å². The van der Waals surface area contributed by atoms with Crippen LogP contribution >= 0.6 is 0 Å². The first-order valence-corrected chi connectivity index (χ1v) is 16.2. The highest BCUT2D eigenvalue weighted by Gasteiger charge is 2.61. The van der Waals surface area contributed by atoms with E-state index in [1.54, 1.807) is 16.7 Å². The van der Waals surface area contributed by atoms with Gasteiger partial charge < -0.3 is 9.13 Å². The van der Waals surface area contributed by atoms with Crippen molar-refractivity contribution in [3.8, 4) is 22.5 Å². The minimum atomic E-state index is -0.163. The van der Waals surface area contributed by atoms with E-state index in [1.807, 2.05) is 0 Å². The molecule has 2 heteroatoms. The first-order valence-electron chi connectivity index (χ1n) is 16.2. The fourth-order valence-electron chi connectivity index (χ4n) is 10.6. The molecule has 2 aromatic heterocycles. The highest BCUT2D eigenvalue weighted by Crippen LogP contribution is 2.70. The van der Waals surface area contributed by atoms with Gasteiger partial charge >= 0.3 is 0 Å². The van der Waals surface area contributed by atoms with Crippen LogP contribution in [0.2, 0.25) is 0 Å². The first kappa shape index (κ1) is 22.5. The minimum Gasteiger partial charge on any atom is -0.309 e. The second-order valence-corrected chi connectivity index (χ2v) is 13.5. The Hall–Kier alpha value is -5.08. The molecule has 206 valence electrons. The van der Waals surface area contributed by atoms with Crippen LogP contribution in [0.25, 0.3) is 66.1 Å². The largest absolute Gasteiger partial charge is 0.309 e. The Morgan fingerprint density at radius 2 is 1.23 bits per heavy atom. The Morgan fingerprint density at radius 1 is 0.523 bits per heavy atom. The molecule has 3 unspecified atom stereocenters. The number of para-hydroxylation sites is 2. The lowest BCUT2D eigenvalue weighted by atomic mass is 9.60. The maximum Gasteiger partial charge on any atom is 0.0607 e. The van der Waals surface area contributed by atoms with Crippen molar-refractivity contribution < 1.29 is 0 Å². The van der Waals surface area contributed by atoms with Crippen molar-refractivity contribution in [3.05, 3.63) is 144 Å². The number of nitrogens with zero attached hydrogens (tertiary/aromatic N) is 2. The standard InChI is InChI=1S/C42H28N2/c1-2-10-24(11-3-1)25-20-21-33-37(22-25)44-35-18-7-5-13-28(35)31-23-30-27-12-4-6-17-34(27)43-36-19-9-15-29-26-14-8-16-32(26)42(33,38(29)36)39(40(30)43)41(31)44/h1-7,9-13,15,17-23,26,32H,8,14,16H2. The zero-order valence-electron chi connectivity index (χ0n) is 24.2. The van der Waals surface area contributed by atoms with Gasteiger partial charge in [0.15, 0.2) is 0 Å². The molecule has 1 saturated carbocycles. The van der Waals surface area contributed by atoms with Crippen molar-refractivity contribution in [1.29, 1.82) is 0 Å². The Morgan fingerprint density at radius 3 is 2.00 bits per heavy atom. The van der Waals surface area contributed by atoms with Gasteiger partial charge in [0.2, 0.25) is 0 Å². The number of hydrogen-bond donors (Lipinski definition) is 0. The van der Waals surface area contributed by atoms with E-state index in [0.29, 0.717) is 11.8 Å². The van der Waals surface area contributed by atoms with Gasteiger partial charge in [0.05, 0.1) is 38.9 Å². The molecule has 0 bridgehead atoms. The summed E-state index contributed by atoms with van der Waals surface area (Å²) in [5.74, 6) is 1.16. The molecule has 2 nitrogen and oxygen atoms in total. The molecule has 0 amide bonds. The number of fused-ring (bicyclic) bond motifs is 11. The lowest BCUT2D eigenvalue weighted by Crippen LogP contribution is -2.41.